The first kappa shape index (κ1) is 15.5. The lowest BCUT2D eigenvalue weighted by Gasteiger charge is -2.14. The molecule has 0 amide bonds. The lowest BCUT2D eigenvalue weighted by Crippen LogP contribution is -2.11. The Morgan fingerprint density at radius 2 is 2.10 bits per heavy atom. The predicted molar refractivity (Wildman–Crippen MR) is 83.6 cm³/mol. The fourth-order valence-electron chi connectivity index (χ4n) is 1.94. The monoisotopic (exact) mass is 305 g/mol. The van der Waals surface area contributed by atoms with Gasteiger partial charge in [-0.3, -0.25) is 0 Å². The van der Waals surface area contributed by atoms with E-state index in [1.54, 1.807) is 29.5 Å². The van der Waals surface area contributed by atoms with Gasteiger partial charge in [-0.25, -0.2) is 9.78 Å². The Labute approximate surface area is 128 Å². The zero-order chi connectivity index (χ0) is 15.6. The standard InChI is InChI=1S/C16H19NO3S/c1-16(2,3)13-9-21-14(17-13)7-10-5-6-11(20-4)8-12(10)15(18)19/h5-6,8-9H,7H2,1-4H3,(H,18,19). The molecule has 4 nitrogen and oxygen atoms in total. The van der Waals surface area contributed by atoms with Gasteiger partial charge in [-0.05, 0) is 17.7 Å². The Kier molecular flexibility index (Phi) is 4.32. The molecule has 112 valence electrons. The van der Waals surface area contributed by atoms with Crippen LogP contribution in [0.25, 0.3) is 0 Å². The van der Waals surface area contributed by atoms with Crippen LogP contribution in [0.2, 0.25) is 0 Å². The van der Waals surface area contributed by atoms with Gasteiger partial charge >= 0.3 is 5.97 Å². The molecule has 5 heteroatoms. The van der Waals surface area contributed by atoms with Crippen molar-refractivity contribution in [2.75, 3.05) is 7.11 Å². The quantitative estimate of drug-likeness (QED) is 0.935. The molecule has 21 heavy (non-hydrogen) atoms. The molecule has 0 aliphatic heterocycles. The minimum Gasteiger partial charge on any atom is -0.497 e. The van der Waals surface area contributed by atoms with Gasteiger partial charge in [0.25, 0.3) is 0 Å². The number of methoxy groups -OCH3 is 1. The number of rotatable bonds is 4. The van der Waals surface area contributed by atoms with E-state index in [4.69, 9.17) is 4.74 Å². The van der Waals surface area contributed by atoms with Crippen LogP contribution in [0.4, 0.5) is 0 Å². The Bertz CT molecular complexity index is 656. The number of ether oxygens (including phenoxy) is 1. The molecule has 0 spiro atoms. The number of carbonyl (C=O) groups is 1. The van der Waals surface area contributed by atoms with Gasteiger partial charge in [-0.15, -0.1) is 11.3 Å². The molecule has 0 aliphatic carbocycles. The van der Waals surface area contributed by atoms with Crippen molar-refractivity contribution in [3.8, 4) is 5.75 Å². The van der Waals surface area contributed by atoms with Gasteiger partial charge in [-0.2, -0.15) is 0 Å². The number of carboxylic acids is 1. The van der Waals surface area contributed by atoms with Crippen LogP contribution in [0.15, 0.2) is 23.6 Å². The second kappa shape index (κ2) is 5.85. The zero-order valence-corrected chi connectivity index (χ0v) is 13.5. The van der Waals surface area contributed by atoms with Crippen molar-refractivity contribution >= 4 is 17.3 Å². The summed E-state index contributed by atoms with van der Waals surface area (Å²) in [4.78, 5) is 16.0. The lowest BCUT2D eigenvalue weighted by molar-refractivity contribution is 0.0695. The third-order valence-electron chi connectivity index (χ3n) is 3.21. The summed E-state index contributed by atoms with van der Waals surface area (Å²) in [5.41, 5.74) is 2.05. The van der Waals surface area contributed by atoms with E-state index in [0.717, 1.165) is 16.3 Å². The number of carboxylic acid groups (broad SMARTS) is 1. The third-order valence-corrected chi connectivity index (χ3v) is 4.06. The molecule has 1 aromatic carbocycles. The molecular weight excluding hydrogens is 286 g/mol. The fourth-order valence-corrected chi connectivity index (χ4v) is 2.98. The van der Waals surface area contributed by atoms with Crippen LogP contribution >= 0.6 is 11.3 Å². The van der Waals surface area contributed by atoms with Crippen molar-refractivity contribution in [2.45, 2.75) is 32.6 Å². The molecule has 0 radical (unpaired) electrons. The maximum atomic E-state index is 11.4. The second-order valence-electron chi connectivity index (χ2n) is 5.88. The van der Waals surface area contributed by atoms with Crippen molar-refractivity contribution in [2.24, 2.45) is 0 Å². The molecule has 0 unspecified atom stereocenters. The molecule has 2 aromatic rings. The summed E-state index contributed by atoms with van der Waals surface area (Å²) in [5.74, 6) is -0.401. The van der Waals surface area contributed by atoms with Gasteiger partial charge in [-0.1, -0.05) is 26.8 Å². The second-order valence-corrected chi connectivity index (χ2v) is 6.82. The van der Waals surface area contributed by atoms with E-state index in [1.165, 1.54) is 7.11 Å². The topological polar surface area (TPSA) is 59.4 Å². The van der Waals surface area contributed by atoms with Crippen LogP contribution in [0.5, 0.6) is 5.75 Å². The molecule has 2 rings (SSSR count). The van der Waals surface area contributed by atoms with Crippen molar-refractivity contribution in [3.63, 3.8) is 0 Å². The molecule has 0 atom stereocenters. The summed E-state index contributed by atoms with van der Waals surface area (Å²) < 4.78 is 5.08. The van der Waals surface area contributed by atoms with Gasteiger partial charge in [0.2, 0.25) is 0 Å². The van der Waals surface area contributed by atoms with Crippen molar-refractivity contribution < 1.29 is 14.6 Å². The molecule has 0 saturated carbocycles. The van der Waals surface area contributed by atoms with Gasteiger partial charge < -0.3 is 9.84 Å². The summed E-state index contributed by atoms with van der Waals surface area (Å²) >= 11 is 1.57. The molecule has 1 N–H and O–H groups in total. The molecule has 0 saturated heterocycles. The maximum absolute atomic E-state index is 11.4. The highest BCUT2D eigenvalue weighted by atomic mass is 32.1. The van der Waals surface area contributed by atoms with E-state index in [0.29, 0.717) is 12.2 Å². The average molecular weight is 305 g/mol. The van der Waals surface area contributed by atoms with Gasteiger partial charge in [0.05, 0.1) is 23.4 Å². The molecule has 1 heterocycles. The zero-order valence-electron chi connectivity index (χ0n) is 12.6. The highest BCUT2D eigenvalue weighted by Crippen LogP contribution is 2.26. The number of aromatic carboxylic acids is 1. The van der Waals surface area contributed by atoms with Crippen molar-refractivity contribution in [3.05, 3.63) is 45.4 Å². The number of hydrogen-bond donors (Lipinski definition) is 1. The van der Waals surface area contributed by atoms with E-state index in [2.05, 4.69) is 25.8 Å². The number of nitrogens with zero attached hydrogens (tertiary/aromatic N) is 1. The van der Waals surface area contributed by atoms with Gasteiger partial charge in [0, 0.05) is 17.2 Å². The molecular formula is C16H19NO3S. The van der Waals surface area contributed by atoms with E-state index in [-0.39, 0.29) is 11.0 Å². The molecule has 1 aromatic heterocycles. The van der Waals surface area contributed by atoms with Crippen LogP contribution in [-0.2, 0) is 11.8 Å². The Morgan fingerprint density at radius 1 is 1.38 bits per heavy atom. The first-order valence-electron chi connectivity index (χ1n) is 6.66. The van der Waals surface area contributed by atoms with Crippen LogP contribution in [0.3, 0.4) is 0 Å². The minimum atomic E-state index is -0.948. The summed E-state index contributed by atoms with van der Waals surface area (Å²) in [7, 11) is 1.52. The van der Waals surface area contributed by atoms with E-state index in [9.17, 15) is 9.90 Å². The predicted octanol–water partition coefficient (Wildman–Crippen LogP) is 3.74. The Hall–Kier alpha value is -1.88. The van der Waals surface area contributed by atoms with Crippen molar-refractivity contribution in [1.29, 1.82) is 0 Å². The lowest BCUT2D eigenvalue weighted by atomic mass is 9.93. The van der Waals surface area contributed by atoms with Gasteiger partial charge in [0.15, 0.2) is 0 Å². The third kappa shape index (κ3) is 3.61. The highest BCUT2D eigenvalue weighted by Gasteiger charge is 2.19. The van der Waals surface area contributed by atoms with Crippen LogP contribution in [0.1, 0.15) is 47.4 Å². The van der Waals surface area contributed by atoms with E-state index >= 15 is 0 Å². The summed E-state index contributed by atoms with van der Waals surface area (Å²) in [6.45, 7) is 6.34. The SMILES string of the molecule is COc1ccc(Cc2nc(C(C)(C)C)cs2)c(C(=O)O)c1. The largest absolute Gasteiger partial charge is 0.497 e. The molecule has 0 fully saturated rings. The number of hydrogen-bond acceptors (Lipinski definition) is 4. The van der Waals surface area contributed by atoms with E-state index in [1.807, 2.05) is 5.38 Å². The average Bonchev–Trinajstić information content (AvgIpc) is 2.87. The Morgan fingerprint density at radius 3 is 2.62 bits per heavy atom. The first-order valence-corrected chi connectivity index (χ1v) is 7.54. The Balaban J connectivity index is 2.31. The number of benzene rings is 1. The minimum absolute atomic E-state index is 0.00425. The maximum Gasteiger partial charge on any atom is 0.336 e. The van der Waals surface area contributed by atoms with Crippen LogP contribution in [0, 0.1) is 0 Å². The highest BCUT2D eigenvalue weighted by molar-refractivity contribution is 7.09. The summed E-state index contributed by atoms with van der Waals surface area (Å²) in [5, 5.41) is 12.3. The smallest absolute Gasteiger partial charge is 0.336 e. The normalized spacial score (nSPS) is 11.4. The van der Waals surface area contributed by atoms with Crippen molar-refractivity contribution in [1.82, 2.24) is 4.98 Å². The summed E-state index contributed by atoms with van der Waals surface area (Å²) in [6, 6.07) is 5.12. The summed E-state index contributed by atoms with van der Waals surface area (Å²) in [6.07, 6.45) is 0.520. The molecule has 0 bridgehead atoms. The van der Waals surface area contributed by atoms with Gasteiger partial charge in [0.1, 0.15) is 5.75 Å². The van der Waals surface area contributed by atoms with Crippen LogP contribution < -0.4 is 4.74 Å². The number of aromatic nitrogens is 1. The van der Waals surface area contributed by atoms with E-state index < -0.39 is 5.97 Å². The number of thiazole rings is 1. The molecule has 0 aliphatic rings. The first-order chi connectivity index (χ1) is 9.81. The van der Waals surface area contributed by atoms with Crippen LogP contribution in [-0.4, -0.2) is 23.2 Å². The fraction of sp³-hybridized carbons (Fsp3) is 0.375.